The summed E-state index contributed by atoms with van der Waals surface area (Å²) in [4.78, 5) is 13.6. The lowest BCUT2D eigenvalue weighted by Gasteiger charge is -2.35. The third-order valence-electron chi connectivity index (χ3n) is 3.11. The smallest absolute Gasteiger partial charge is 0.322 e. The molecule has 1 heterocycles. The third kappa shape index (κ3) is 4.61. The number of methoxy groups -OCH3 is 1. The van der Waals surface area contributed by atoms with Crippen LogP contribution in [0.4, 0.5) is 0 Å². The Morgan fingerprint density at radius 1 is 1.53 bits per heavy atom. The maximum absolute atomic E-state index is 11.2. The van der Waals surface area contributed by atoms with E-state index in [1.807, 2.05) is 0 Å². The van der Waals surface area contributed by atoms with E-state index in [0.717, 1.165) is 19.7 Å². The van der Waals surface area contributed by atoms with Crippen LogP contribution < -0.4 is 5.32 Å². The number of rotatable bonds is 5. The second kappa shape index (κ2) is 6.93. The molecule has 0 radical (unpaired) electrons. The zero-order valence-corrected chi connectivity index (χ0v) is 11.2. The van der Waals surface area contributed by atoms with Crippen molar-refractivity contribution in [3.8, 4) is 0 Å². The summed E-state index contributed by atoms with van der Waals surface area (Å²) in [5, 5.41) is 3.14. The second-order valence-electron chi connectivity index (χ2n) is 4.73. The van der Waals surface area contributed by atoms with E-state index in [4.69, 9.17) is 4.74 Å². The van der Waals surface area contributed by atoms with E-state index in [-0.39, 0.29) is 18.1 Å². The van der Waals surface area contributed by atoms with E-state index in [1.54, 1.807) is 6.92 Å². The van der Waals surface area contributed by atoms with Crippen molar-refractivity contribution in [2.75, 3.05) is 33.4 Å². The van der Waals surface area contributed by atoms with Gasteiger partial charge in [0.25, 0.3) is 0 Å². The van der Waals surface area contributed by atoms with Crippen LogP contribution in [0.2, 0.25) is 0 Å². The molecule has 17 heavy (non-hydrogen) atoms. The van der Waals surface area contributed by atoms with Gasteiger partial charge in [0.05, 0.1) is 19.8 Å². The van der Waals surface area contributed by atoms with Gasteiger partial charge in [0.15, 0.2) is 0 Å². The molecule has 1 aliphatic rings. The number of hydrogen-bond donors (Lipinski definition) is 1. The molecule has 2 atom stereocenters. The van der Waals surface area contributed by atoms with Gasteiger partial charge in [0, 0.05) is 25.7 Å². The third-order valence-corrected chi connectivity index (χ3v) is 3.11. The van der Waals surface area contributed by atoms with Crippen LogP contribution in [-0.4, -0.2) is 62.4 Å². The highest BCUT2D eigenvalue weighted by Crippen LogP contribution is 2.08. The lowest BCUT2D eigenvalue weighted by Crippen LogP contribution is -2.50. The lowest BCUT2D eigenvalue weighted by atomic mass is 10.2. The summed E-state index contributed by atoms with van der Waals surface area (Å²) in [6.45, 7) is 9.52. The van der Waals surface area contributed by atoms with Crippen LogP contribution in [0.15, 0.2) is 0 Å². The topological polar surface area (TPSA) is 50.8 Å². The molecule has 0 spiro atoms. The van der Waals surface area contributed by atoms with Gasteiger partial charge in [0.1, 0.15) is 6.04 Å². The average Bonchev–Trinajstić information content (AvgIpc) is 2.35. The Labute approximate surface area is 103 Å². The maximum Gasteiger partial charge on any atom is 0.322 e. The monoisotopic (exact) mass is 244 g/mol. The molecule has 0 bridgehead atoms. The Bertz CT molecular complexity index is 246. The zero-order chi connectivity index (χ0) is 12.8. The number of carbonyl (C=O) groups is 1. The minimum absolute atomic E-state index is 0.151. The number of esters is 1. The Morgan fingerprint density at radius 3 is 2.82 bits per heavy atom. The maximum atomic E-state index is 11.2. The van der Waals surface area contributed by atoms with Gasteiger partial charge in [-0.15, -0.1) is 0 Å². The van der Waals surface area contributed by atoms with Crippen molar-refractivity contribution >= 4 is 5.97 Å². The van der Waals surface area contributed by atoms with Gasteiger partial charge in [-0.2, -0.15) is 0 Å². The molecule has 0 amide bonds. The molecule has 5 nitrogen and oxygen atoms in total. The fourth-order valence-corrected chi connectivity index (χ4v) is 1.90. The fraction of sp³-hybridized carbons (Fsp3) is 0.917. The van der Waals surface area contributed by atoms with Crippen molar-refractivity contribution in [1.82, 2.24) is 10.2 Å². The van der Waals surface area contributed by atoms with Crippen LogP contribution in [0.5, 0.6) is 0 Å². The van der Waals surface area contributed by atoms with Crippen LogP contribution in [0.3, 0.4) is 0 Å². The van der Waals surface area contributed by atoms with E-state index in [1.165, 1.54) is 7.11 Å². The van der Waals surface area contributed by atoms with E-state index >= 15 is 0 Å². The summed E-state index contributed by atoms with van der Waals surface area (Å²) >= 11 is 0. The van der Waals surface area contributed by atoms with Crippen molar-refractivity contribution in [3.05, 3.63) is 0 Å². The van der Waals surface area contributed by atoms with Crippen LogP contribution in [0, 0.1) is 0 Å². The molecule has 5 heteroatoms. The highest BCUT2D eigenvalue weighted by molar-refractivity contribution is 5.75. The molecule has 100 valence electrons. The number of carbonyl (C=O) groups excluding carboxylic acids is 1. The molecule has 1 aliphatic heterocycles. The second-order valence-corrected chi connectivity index (χ2v) is 4.73. The quantitative estimate of drug-likeness (QED) is 0.702. The van der Waals surface area contributed by atoms with Gasteiger partial charge in [-0.3, -0.25) is 9.69 Å². The first-order valence-electron chi connectivity index (χ1n) is 6.21. The van der Waals surface area contributed by atoms with Crippen molar-refractivity contribution in [2.45, 2.75) is 39.0 Å². The molecule has 1 saturated heterocycles. The molecule has 2 unspecified atom stereocenters. The summed E-state index contributed by atoms with van der Waals surface area (Å²) in [5.41, 5.74) is 0. The Balaban J connectivity index is 2.29. The summed E-state index contributed by atoms with van der Waals surface area (Å²) in [6, 6.07) is 0.262. The SMILES string of the molecule is COC(=O)C(C)NCC1CN(C(C)C)CCO1. The first kappa shape index (κ1) is 14.4. The van der Waals surface area contributed by atoms with E-state index < -0.39 is 0 Å². The first-order valence-corrected chi connectivity index (χ1v) is 6.21. The molecule has 0 aromatic heterocycles. The van der Waals surface area contributed by atoms with E-state index in [0.29, 0.717) is 12.6 Å². The van der Waals surface area contributed by atoms with E-state index in [2.05, 4.69) is 28.8 Å². The highest BCUT2D eigenvalue weighted by atomic mass is 16.5. The van der Waals surface area contributed by atoms with Gasteiger partial charge >= 0.3 is 5.97 Å². The molecule has 0 aliphatic carbocycles. The van der Waals surface area contributed by atoms with Crippen LogP contribution >= 0.6 is 0 Å². The summed E-state index contributed by atoms with van der Waals surface area (Å²) in [5.74, 6) is -0.235. The van der Waals surface area contributed by atoms with Crippen molar-refractivity contribution in [2.24, 2.45) is 0 Å². The van der Waals surface area contributed by atoms with Crippen molar-refractivity contribution in [3.63, 3.8) is 0 Å². The Hall–Kier alpha value is -0.650. The lowest BCUT2D eigenvalue weighted by molar-refractivity contribution is -0.142. The number of morpholine rings is 1. The normalized spacial score (nSPS) is 23.7. The van der Waals surface area contributed by atoms with E-state index in [9.17, 15) is 4.79 Å². The molecule has 1 N–H and O–H groups in total. The van der Waals surface area contributed by atoms with Crippen molar-refractivity contribution in [1.29, 1.82) is 0 Å². The number of nitrogens with zero attached hydrogens (tertiary/aromatic N) is 1. The Morgan fingerprint density at radius 2 is 2.24 bits per heavy atom. The average molecular weight is 244 g/mol. The summed E-state index contributed by atoms with van der Waals surface area (Å²) in [6.07, 6.45) is 0.151. The Kier molecular flexibility index (Phi) is 5.88. The van der Waals surface area contributed by atoms with Gasteiger partial charge in [0.2, 0.25) is 0 Å². The summed E-state index contributed by atoms with van der Waals surface area (Å²) in [7, 11) is 1.40. The molecule has 0 saturated carbocycles. The van der Waals surface area contributed by atoms with Gasteiger partial charge in [-0.1, -0.05) is 0 Å². The number of nitrogens with one attached hydrogen (secondary N) is 1. The fourth-order valence-electron chi connectivity index (χ4n) is 1.90. The van der Waals surface area contributed by atoms with Gasteiger partial charge < -0.3 is 14.8 Å². The largest absolute Gasteiger partial charge is 0.468 e. The minimum Gasteiger partial charge on any atom is -0.468 e. The predicted octanol–water partition coefficient (Wildman–Crippen LogP) is 0.247. The molecule has 0 aromatic rings. The van der Waals surface area contributed by atoms with Crippen LogP contribution in [-0.2, 0) is 14.3 Å². The minimum atomic E-state index is -0.280. The van der Waals surface area contributed by atoms with Crippen molar-refractivity contribution < 1.29 is 14.3 Å². The molecule has 1 fully saturated rings. The van der Waals surface area contributed by atoms with Crippen LogP contribution in [0.25, 0.3) is 0 Å². The van der Waals surface area contributed by atoms with Gasteiger partial charge in [-0.25, -0.2) is 0 Å². The number of ether oxygens (including phenoxy) is 2. The zero-order valence-electron chi connectivity index (χ0n) is 11.2. The molecule has 1 rings (SSSR count). The number of hydrogen-bond acceptors (Lipinski definition) is 5. The van der Waals surface area contributed by atoms with Crippen LogP contribution in [0.1, 0.15) is 20.8 Å². The molecule has 0 aromatic carbocycles. The molecular weight excluding hydrogens is 220 g/mol. The van der Waals surface area contributed by atoms with Gasteiger partial charge in [-0.05, 0) is 20.8 Å². The predicted molar refractivity (Wildman–Crippen MR) is 65.9 cm³/mol. The highest BCUT2D eigenvalue weighted by Gasteiger charge is 2.23. The first-order chi connectivity index (χ1) is 8.04. The summed E-state index contributed by atoms with van der Waals surface area (Å²) < 4.78 is 10.3. The molecular formula is C12H24N2O3. The standard InChI is InChI=1S/C12H24N2O3/c1-9(2)14-5-6-17-11(8-14)7-13-10(3)12(15)16-4/h9-11,13H,5-8H2,1-4H3.